The molecule has 13 rings (SSSR count). The molecule has 45 heteroatoms. The van der Waals surface area contributed by atoms with E-state index in [1.54, 1.807) is 103 Å². The van der Waals surface area contributed by atoms with Gasteiger partial charge in [-0.05, 0) is 175 Å². The van der Waals surface area contributed by atoms with Crippen LogP contribution in [0.1, 0.15) is 181 Å². The van der Waals surface area contributed by atoms with Crippen molar-refractivity contribution in [3.05, 3.63) is 262 Å². The van der Waals surface area contributed by atoms with E-state index in [0.717, 1.165) is 124 Å². The van der Waals surface area contributed by atoms with Gasteiger partial charge in [-0.15, -0.1) is 0 Å². The molecule has 0 aliphatic carbocycles. The summed E-state index contributed by atoms with van der Waals surface area (Å²) in [6.07, 6.45) is -14.2. The Morgan fingerprint density at radius 2 is 0.554 bits per heavy atom. The first-order valence-corrected chi connectivity index (χ1v) is 46.7. The molecule has 3 aliphatic heterocycles. The molecule has 758 valence electrons. The SMILES string of the molecule is CC1CC(C)CN(CCN(Cc2ccccc2Cl)C(=O)c2cc(C(F)(F)F)[nH]n2)C1.CC1CCN(CCN(Cc2ccccc2Cl)C(=O)c2cc(C(F)(F)F)[nH]n2)CC1.CN(C)CCCN(Cc1ccccc1Cl)C(=O)c1cc(C(F)(F)F)[nH]n1.CN(C)CCN(Cc1ccccc1Cl)C(=O)c1cc(C(F)(F)F)[nH]n1.O=C(c1cc(C(F)(F)F)[nH]n1)N(CCN1CCCCCC1)Cc1ccccc1Cl. The number of hydrogen-bond acceptors (Lipinski definition) is 15. The Morgan fingerprint density at radius 1 is 0.317 bits per heavy atom. The van der Waals surface area contributed by atoms with Crippen LogP contribution in [0.25, 0.3) is 0 Å². The fourth-order valence-electron chi connectivity index (χ4n) is 15.4. The highest BCUT2D eigenvalue weighted by Crippen LogP contribution is 2.35. The number of nitrogens with zero attached hydrogens (tertiary/aromatic N) is 15. The van der Waals surface area contributed by atoms with E-state index in [9.17, 15) is 89.8 Å². The highest BCUT2D eigenvalue weighted by Gasteiger charge is 2.40. The number of piperidine rings is 2. The number of aromatic amines is 5. The molecule has 5 aromatic heterocycles. The fraction of sp³-hybridized carbons (Fsp3) is 0.468. The van der Waals surface area contributed by atoms with E-state index in [-0.39, 0.29) is 61.2 Å². The molecule has 0 saturated carbocycles. The Labute approximate surface area is 820 Å². The number of hydrogen-bond donors (Lipinski definition) is 5. The van der Waals surface area contributed by atoms with Crippen LogP contribution in [0.15, 0.2) is 152 Å². The molecule has 139 heavy (non-hydrogen) atoms. The number of likely N-dealkylation sites (N-methyl/N-ethyl adjacent to an activating group) is 1. The summed E-state index contributed by atoms with van der Waals surface area (Å²) in [4.78, 5) is 82.4. The summed E-state index contributed by atoms with van der Waals surface area (Å²) in [5.74, 6) is -0.987. The maximum atomic E-state index is 13.0. The van der Waals surface area contributed by atoms with E-state index >= 15 is 0 Å². The zero-order valence-corrected chi connectivity index (χ0v) is 81.3. The van der Waals surface area contributed by atoms with Gasteiger partial charge in [0.05, 0.1) is 0 Å². The van der Waals surface area contributed by atoms with Gasteiger partial charge in [0.25, 0.3) is 29.5 Å². The van der Waals surface area contributed by atoms with Crippen molar-refractivity contribution in [1.82, 2.24) is 100.0 Å². The molecule has 3 saturated heterocycles. The Hall–Kier alpha value is -10.3. The molecule has 5 aromatic carbocycles. The molecule has 5 N–H and O–H groups in total. The Morgan fingerprint density at radius 3 is 0.799 bits per heavy atom. The minimum Gasteiger partial charge on any atom is -0.333 e. The van der Waals surface area contributed by atoms with Crippen molar-refractivity contribution >= 4 is 87.5 Å². The highest BCUT2D eigenvalue weighted by atomic mass is 35.5. The Bertz CT molecular complexity index is 5530. The van der Waals surface area contributed by atoms with Crippen LogP contribution < -0.4 is 0 Å². The summed E-state index contributed by atoms with van der Waals surface area (Å²) in [5.41, 5.74) is -2.88. The summed E-state index contributed by atoms with van der Waals surface area (Å²) in [6.45, 7) is 18.4. The number of nitrogens with one attached hydrogen (secondary N) is 5. The first-order valence-electron chi connectivity index (χ1n) is 44.8. The third-order valence-electron chi connectivity index (χ3n) is 23.0. The van der Waals surface area contributed by atoms with E-state index in [0.29, 0.717) is 114 Å². The molecule has 3 aliphatic rings. The first kappa shape index (κ1) is 112. The van der Waals surface area contributed by atoms with Gasteiger partial charge in [-0.25, -0.2) is 0 Å². The van der Waals surface area contributed by atoms with Crippen molar-refractivity contribution < 1.29 is 89.8 Å². The van der Waals surface area contributed by atoms with Crippen molar-refractivity contribution in [2.24, 2.45) is 17.8 Å². The quantitative estimate of drug-likeness (QED) is 0.0253. The summed E-state index contributed by atoms with van der Waals surface area (Å²) in [5, 5.41) is 29.8. The van der Waals surface area contributed by atoms with Crippen LogP contribution in [0.2, 0.25) is 25.1 Å². The van der Waals surface area contributed by atoms with Crippen LogP contribution in [-0.4, -0.2) is 262 Å². The number of carbonyl (C=O) groups excluding carboxylic acids is 5. The van der Waals surface area contributed by atoms with Crippen LogP contribution in [0.4, 0.5) is 65.9 Å². The van der Waals surface area contributed by atoms with Gasteiger partial charge < -0.3 is 49.0 Å². The van der Waals surface area contributed by atoms with E-state index in [4.69, 9.17) is 58.0 Å². The van der Waals surface area contributed by atoms with E-state index in [1.165, 1.54) is 43.8 Å². The second-order valence-electron chi connectivity index (χ2n) is 34.9. The smallest absolute Gasteiger partial charge is 0.333 e. The van der Waals surface area contributed by atoms with Gasteiger partial charge in [0, 0.05) is 160 Å². The maximum Gasteiger partial charge on any atom is 0.432 e. The Balaban J connectivity index is 0.000000195. The van der Waals surface area contributed by atoms with E-state index in [2.05, 4.69) is 61.0 Å². The largest absolute Gasteiger partial charge is 0.432 e. The first-order chi connectivity index (χ1) is 65.6. The Kier molecular flexibility index (Phi) is 42.4. The normalized spacial score (nSPS) is 15.4. The summed E-state index contributed by atoms with van der Waals surface area (Å²) >= 11 is 31.0. The average Bonchev–Trinajstić information content (AvgIpc) is 1.70. The zero-order chi connectivity index (χ0) is 102. The van der Waals surface area contributed by atoms with Gasteiger partial charge in [0.15, 0.2) is 28.5 Å². The van der Waals surface area contributed by atoms with Crippen molar-refractivity contribution in [2.75, 3.05) is 133 Å². The lowest BCUT2D eigenvalue weighted by Crippen LogP contribution is -2.44. The van der Waals surface area contributed by atoms with Gasteiger partial charge in [-0.2, -0.15) is 91.3 Å². The lowest BCUT2D eigenvalue weighted by molar-refractivity contribution is -0.142. The minimum absolute atomic E-state index is 0.181. The van der Waals surface area contributed by atoms with Crippen molar-refractivity contribution in [3.8, 4) is 0 Å². The molecular weight excluding hydrogens is 1950 g/mol. The fourth-order valence-corrected chi connectivity index (χ4v) is 16.4. The van der Waals surface area contributed by atoms with Crippen LogP contribution in [0.3, 0.4) is 0 Å². The topological polar surface area (TPSA) is 261 Å². The number of aromatic nitrogens is 10. The van der Waals surface area contributed by atoms with Crippen molar-refractivity contribution in [2.45, 2.75) is 136 Å². The van der Waals surface area contributed by atoms with Crippen LogP contribution in [0.5, 0.6) is 0 Å². The molecule has 2 unspecified atom stereocenters. The van der Waals surface area contributed by atoms with Crippen LogP contribution in [-0.2, 0) is 63.6 Å². The number of H-pyrrole nitrogens is 5. The summed E-state index contributed by atoms with van der Waals surface area (Å²) in [7, 11) is 7.50. The number of alkyl halides is 15. The monoisotopic (exact) mass is 2060 g/mol. The maximum absolute atomic E-state index is 13.0. The lowest BCUT2D eigenvalue weighted by Gasteiger charge is -2.36. The standard InChI is InChI=1S/C21H26ClF3N4O.2C20H24ClF3N4O.C17H20ClF3N4O.C16H18ClF3N4O/c1-14-9-15(2)12-28(11-14)7-8-29(13-16-5-3-4-6-17(16)22)20(30)18-10-19(27-26-18)21(23,24)25;1-14-6-8-27(9-7-14)10-11-28(13-15-4-2-3-5-16(15)21)19(29)17-12-18(26-25-17)20(22,23)24;21-16-8-4-3-7-15(16)14-28(12-11-27-9-5-1-2-6-10-27)19(29)17-13-18(26-25-17)20(22,23)24;1-24(2)8-5-9-25(11-12-6-3-4-7-13(12)18)16(26)14-10-15(23-22-14)17(19,20)21;1-23(2)7-8-24(10-11-5-3-4-6-12(11)17)15(25)13-9-14(22-21-13)16(18,19)20/h3-6,10,14-15H,7-9,11-13H2,1-2H3,(H,26,27);2-5,12,14H,6-11,13H2,1H3,(H,25,26);3-4,7-8,13H,1-2,5-6,9-12,14H2,(H,25,26);3-4,6-7,10H,5,8-9,11H2,1-2H3,(H,22,23);3-6,9H,7-8,10H2,1-2H3,(H,21,22). The molecule has 25 nitrogen and oxygen atoms in total. The molecule has 5 amide bonds. The number of benzene rings is 5. The number of likely N-dealkylation sites (tertiary alicyclic amines) is 3. The number of halogens is 20. The second kappa shape index (κ2) is 52.4. The van der Waals surface area contributed by atoms with Crippen molar-refractivity contribution in [1.29, 1.82) is 0 Å². The third-order valence-corrected chi connectivity index (χ3v) is 24.8. The van der Waals surface area contributed by atoms with Gasteiger partial charge >= 0.3 is 30.9 Å². The lowest BCUT2D eigenvalue weighted by atomic mass is 9.92. The molecular formula is C94H112Cl5F15N20O5. The van der Waals surface area contributed by atoms with E-state index < -0.39 is 88.9 Å². The minimum atomic E-state index is -4.58. The van der Waals surface area contributed by atoms with Gasteiger partial charge in [0.2, 0.25) is 0 Å². The predicted octanol–water partition coefficient (Wildman–Crippen LogP) is 20.7. The zero-order valence-electron chi connectivity index (χ0n) is 77.5. The summed E-state index contributed by atoms with van der Waals surface area (Å²) < 4.78 is 192. The molecule has 3 fully saturated rings. The predicted molar refractivity (Wildman–Crippen MR) is 500 cm³/mol. The number of rotatable bonds is 31. The summed E-state index contributed by atoms with van der Waals surface area (Å²) in [6, 6.07) is 39.2. The van der Waals surface area contributed by atoms with E-state index in [1.807, 2.05) is 81.7 Å². The molecule has 10 aromatic rings. The van der Waals surface area contributed by atoms with Crippen LogP contribution >= 0.6 is 58.0 Å². The van der Waals surface area contributed by atoms with Crippen LogP contribution in [0, 0.1) is 17.8 Å². The molecule has 0 bridgehead atoms. The van der Waals surface area contributed by atoms with Gasteiger partial charge in [-0.1, -0.05) is 183 Å². The number of amides is 5. The molecule has 8 heterocycles. The van der Waals surface area contributed by atoms with Gasteiger partial charge in [0.1, 0.15) is 28.5 Å². The molecule has 2 atom stereocenters. The third kappa shape index (κ3) is 36.0. The highest BCUT2D eigenvalue weighted by molar-refractivity contribution is 6.32. The average molecular weight is 2060 g/mol. The number of carbonyl (C=O) groups is 5. The molecule has 0 radical (unpaired) electrons. The molecule has 0 spiro atoms. The van der Waals surface area contributed by atoms with Crippen molar-refractivity contribution in [3.63, 3.8) is 0 Å². The second-order valence-corrected chi connectivity index (χ2v) is 36.9. The van der Waals surface area contributed by atoms with Gasteiger partial charge in [-0.3, -0.25) is 49.5 Å².